The lowest BCUT2D eigenvalue weighted by atomic mass is 10.1. The number of halogens is 2. The molecule has 39 heavy (non-hydrogen) atoms. The van der Waals surface area contributed by atoms with Crippen molar-refractivity contribution in [2.75, 3.05) is 5.32 Å². The van der Waals surface area contributed by atoms with Gasteiger partial charge in [0.15, 0.2) is 0 Å². The van der Waals surface area contributed by atoms with E-state index >= 15 is 0 Å². The van der Waals surface area contributed by atoms with Crippen molar-refractivity contribution in [2.24, 2.45) is 5.10 Å². The Balaban J connectivity index is 1.57. The number of nitrogens with zero attached hydrogens (tertiary/aromatic N) is 4. The molecule has 0 bridgehead atoms. The highest BCUT2D eigenvalue weighted by molar-refractivity contribution is 9.10. The molecule has 9 heteroatoms. The third kappa shape index (κ3) is 5.27. The molecule has 2 aromatic heterocycles. The van der Waals surface area contributed by atoms with Gasteiger partial charge in [-0.1, -0.05) is 54.0 Å². The predicted octanol–water partition coefficient (Wildman–Crippen LogP) is 6.60. The van der Waals surface area contributed by atoms with E-state index in [2.05, 4.69) is 26.3 Å². The van der Waals surface area contributed by atoms with Gasteiger partial charge < -0.3 is 9.88 Å². The third-order valence-electron chi connectivity index (χ3n) is 6.88. The minimum atomic E-state index is -0.420. The van der Waals surface area contributed by atoms with Crippen LogP contribution in [0.4, 0.5) is 10.1 Å². The van der Waals surface area contributed by atoms with Gasteiger partial charge in [-0.3, -0.25) is 9.59 Å². The van der Waals surface area contributed by atoms with Crippen molar-refractivity contribution in [3.63, 3.8) is 0 Å². The Morgan fingerprint density at radius 3 is 2.69 bits per heavy atom. The van der Waals surface area contributed by atoms with Crippen molar-refractivity contribution >= 4 is 55.5 Å². The average molecular weight is 588 g/mol. The fourth-order valence-electron chi connectivity index (χ4n) is 4.63. The fraction of sp³-hybridized carbons (Fsp3) is 0.200. The second-order valence-electron chi connectivity index (χ2n) is 9.46. The number of hydrogen-bond acceptors (Lipinski definition) is 4. The number of carbonyl (C=O) groups is 1. The summed E-state index contributed by atoms with van der Waals surface area (Å²) in [5.74, 6) is -0.106. The van der Waals surface area contributed by atoms with E-state index in [9.17, 15) is 14.0 Å². The van der Waals surface area contributed by atoms with Crippen LogP contribution in [0.5, 0.6) is 0 Å². The number of anilines is 1. The molecule has 0 aliphatic rings. The summed E-state index contributed by atoms with van der Waals surface area (Å²) in [6.07, 6.45) is 2.46. The lowest BCUT2D eigenvalue weighted by Gasteiger charge is -2.14. The van der Waals surface area contributed by atoms with Gasteiger partial charge in [0.25, 0.3) is 5.56 Å². The van der Waals surface area contributed by atoms with Crippen molar-refractivity contribution in [2.45, 2.75) is 39.7 Å². The van der Waals surface area contributed by atoms with E-state index < -0.39 is 5.82 Å². The normalized spacial score (nSPS) is 12.4. The van der Waals surface area contributed by atoms with Crippen LogP contribution in [0.1, 0.15) is 43.3 Å². The molecule has 1 amide bonds. The summed E-state index contributed by atoms with van der Waals surface area (Å²) < 4.78 is 17.6. The highest BCUT2D eigenvalue weighted by atomic mass is 79.9. The van der Waals surface area contributed by atoms with Gasteiger partial charge >= 0.3 is 0 Å². The van der Waals surface area contributed by atoms with E-state index in [-0.39, 0.29) is 23.9 Å². The van der Waals surface area contributed by atoms with Crippen LogP contribution in [0, 0.1) is 12.7 Å². The minimum Gasteiger partial charge on any atom is -0.335 e. The van der Waals surface area contributed by atoms with Gasteiger partial charge in [-0.25, -0.2) is 9.37 Å². The van der Waals surface area contributed by atoms with E-state index in [1.807, 2.05) is 61.7 Å². The second-order valence-corrected chi connectivity index (χ2v) is 10.4. The summed E-state index contributed by atoms with van der Waals surface area (Å²) >= 11 is 3.44. The Labute approximate surface area is 233 Å². The number of fused-ring (bicyclic) bond motifs is 2. The Kier molecular flexibility index (Phi) is 7.43. The number of rotatable bonds is 7. The zero-order chi connectivity index (χ0) is 27.7. The largest absolute Gasteiger partial charge is 0.335 e. The molecule has 0 saturated carbocycles. The molecule has 3 aromatic carbocycles. The molecule has 0 aliphatic heterocycles. The van der Waals surface area contributed by atoms with Gasteiger partial charge in [0.1, 0.15) is 18.2 Å². The van der Waals surface area contributed by atoms with Gasteiger partial charge in [-0.05, 0) is 55.8 Å². The summed E-state index contributed by atoms with van der Waals surface area (Å²) in [5.41, 5.74) is 3.22. The topological polar surface area (TPSA) is 81.3 Å². The smallest absolute Gasteiger partial charge is 0.282 e. The van der Waals surface area contributed by atoms with Crippen molar-refractivity contribution in [3.05, 3.63) is 104 Å². The van der Waals surface area contributed by atoms with E-state index in [0.29, 0.717) is 22.4 Å². The summed E-state index contributed by atoms with van der Waals surface area (Å²) in [7, 11) is 0. The summed E-state index contributed by atoms with van der Waals surface area (Å²) in [6, 6.07) is 19.0. The molecule has 5 aromatic rings. The van der Waals surface area contributed by atoms with Gasteiger partial charge in [0.05, 0.1) is 17.1 Å². The number of nitrogens with one attached hydrogen (secondary N) is 1. The molecule has 0 unspecified atom stereocenters. The first-order valence-electron chi connectivity index (χ1n) is 12.7. The molecular formula is C30H27BrFN5O2. The fourth-order valence-corrected chi connectivity index (χ4v) is 4.99. The van der Waals surface area contributed by atoms with E-state index in [4.69, 9.17) is 4.98 Å². The SMILES string of the molecule is CC[C@H](C)c1nc2ccc(Br)cc2c(=O)n1N=Cc1c(C)n(CC(=O)Nc2cccc(F)c2)c2ccccc12. The zero-order valence-corrected chi connectivity index (χ0v) is 23.4. The Morgan fingerprint density at radius 2 is 1.92 bits per heavy atom. The molecule has 0 spiro atoms. The zero-order valence-electron chi connectivity index (χ0n) is 21.8. The summed E-state index contributed by atoms with van der Waals surface area (Å²) in [5, 5.41) is 8.78. The maximum atomic E-state index is 13.6. The van der Waals surface area contributed by atoms with E-state index in [1.165, 1.54) is 16.8 Å². The standard InChI is InChI=1S/C30H27BrFN5O2/c1-4-18(2)29-35-26-13-12-20(31)14-24(26)30(39)37(29)33-16-25-19(3)36(27-11-6-5-10-23(25)27)17-28(38)34-22-9-7-8-21(32)15-22/h5-16,18H,4,17H2,1-3H3,(H,34,38)/t18-/m0/s1. The van der Waals surface area contributed by atoms with Crippen LogP contribution in [0.15, 0.2) is 81.1 Å². The van der Waals surface area contributed by atoms with Crippen molar-refractivity contribution in [1.29, 1.82) is 0 Å². The molecule has 2 heterocycles. The number of amides is 1. The third-order valence-corrected chi connectivity index (χ3v) is 7.37. The molecule has 198 valence electrons. The maximum Gasteiger partial charge on any atom is 0.282 e. The van der Waals surface area contributed by atoms with Crippen LogP contribution in [-0.4, -0.2) is 26.3 Å². The molecule has 1 atom stereocenters. The summed E-state index contributed by atoms with van der Waals surface area (Å²) in [4.78, 5) is 31.2. The molecule has 0 radical (unpaired) electrons. The van der Waals surface area contributed by atoms with Gasteiger partial charge in [0.2, 0.25) is 5.91 Å². The van der Waals surface area contributed by atoms with Crippen LogP contribution in [0.3, 0.4) is 0 Å². The minimum absolute atomic E-state index is 0.0110. The van der Waals surface area contributed by atoms with Crippen molar-refractivity contribution in [1.82, 2.24) is 14.2 Å². The number of hydrogen-bond donors (Lipinski definition) is 1. The molecule has 1 N–H and O–H groups in total. The van der Waals surface area contributed by atoms with Crippen LogP contribution < -0.4 is 10.9 Å². The Bertz CT molecular complexity index is 1810. The Hall–Kier alpha value is -4.11. The molecule has 7 nitrogen and oxygen atoms in total. The maximum absolute atomic E-state index is 13.6. The first-order valence-corrected chi connectivity index (χ1v) is 13.5. The van der Waals surface area contributed by atoms with Crippen molar-refractivity contribution < 1.29 is 9.18 Å². The first kappa shape index (κ1) is 26.5. The van der Waals surface area contributed by atoms with Crippen LogP contribution in [-0.2, 0) is 11.3 Å². The van der Waals surface area contributed by atoms with Crippen LogP contribution in [0.2, 0.25) is 0 Å². The van der Waals surface area contributed by atoms with Gasteiger partial charge in [-0.2, -0.15) is 9.78 Å². The molecule has 0 fully saturated rings. The molecule has 0 aliphatic carbocycles. The number of carbonyl (C=O) groups excluding carboxylic acids is 1. The average Bonchev–Trinajstić information content (AvgIpc) is 3.18. The van der Waals surface area contributed by atoms with Crippen LogP contribution in [0.25, 0.3) is 21.8 Å². The highest BCUT2D eigenvalue weighted by Gasteiger charge is 2.18. The quantitative estimate of drug-likeness (QED) is 0.218. The second kappa shape index (κ2) is 10.9. The monoisotopic (exact) mass is 587 g/mol. The van der Waals surface area contributed by atoms with Crippen LogP contribution >= 0.6 is 15.9 Å². The highest BCUT2D eigenvalue weighted by Crippen LogP contribution is 2.26. The number of aromatic nitrogens is 3. The number of para-hydroxylation sites is 1. The van der Waals surface area contributed by atoms with E-state index in [0.717, 1.165) is 33.1 Å². The first-order chi connectivity index (χ1) is 18.8. The molecule has 5 rings (SSSR count). The number of benzene rings is 3. The van der Waals surface area contributed by atoms with Gasteiger partial charge in [-0.15, -0.1) is 0 Å². The lowest BCUT2D eigenvalue weighted by Crippen LogP contribution is -2.23. The molecule has 0 saturated heterocycles. The lowest BCUT2D eigenvalue weighted by molar-refractivity contribution is -0.116. The predicted molar refractivity (Wildman–Crippen MR) is 157 cm³/mol. The summed E-state index contributed by atoms with van der Waals surface area (Å²) in [6.45, 7) is 6.00. The molecular weight excluding hydrogens is 561 g/mol. The van der Waals surface area contributed by atoms with E-state index in [1.54, 1.807) is 24.4 Å². The Morgan fingerprint density at radius 1 is 1.13 bits per heavy atom. The van der Waals surface area contributed by atoms with Crippen molar-refractivity contribution in [3.8, 4) is 0 Å². The van der Waals surface area contributed by atoms with Gasteiger partial charge in [0, 0.05) is 38.2 Å².